The van der Waals surface area contributed by atoms with Crippen LogP contribution in [0.25, 0.3) is 0 Å². The highest BCUT2D eigenvalue weighted by Crippen LogP contribution is 2.40. The topological polar surface area (TPSA) is 0 Å². The lowest BCUT2D eigenvalue weighted by atomic mass is 9.76. The van der Waals surface area contributed by atoms with Gasteiger partial charge in [-0.3, -0.25) is 0 Å². The summed E-state index contributed by atoms with van der Waals surface area (Å²) in [6.07, 6.45) is 7.14. The molecule has 0 aliphatic heterocycles. The van der Waals surface area contributed by atoms with Crippen molar-refractivity contribution in [3.63, 3.8) is 0 Å². The Labute approximate surface area is 185 Å². The van der Waals surface area contributed by atoms with Crippen LogP contribution in [-0.4, -0.2) is 5.16 Å². The van der Waals surface area contributed by atoms with Crippen LogP contribution in [0.3, 0.4) is 0 Å². The third kappa shape index (κ3) is 7.29. The largest absolute Gasteiger partial charge is 0.147 e. The van der Waals surface area contributed by atoms with Crippen molar-refractivity contribution in [1.82, 2.24) is 0 Å². The molecular formula is C27H34ClP. The number of unbranched alkanes of at least 4 members (excludes halogenated alkanes) is 1. The highest BCUT2D eigenvalue weighted by Gasteiger charge is 2.34. The van der Waals surface area contributed by atoms with E-state index in [1.54, 1.807) is 0 Å². The highest BCUT2D eigenvalue weighted by atomic mass is 35.5. The molecule has 0 aliphatic carbocycles. The Bertz CT molecular complexity index is 760. The standard InChI is InChI=1S/C27H33P.ClH/c1-2-3-19-26(20-23-13-7-4-8-14-23)27(28,21-24-15-9-5-10-16-24)22-25-17-11-6-12-18-25;/h4-18,26H,2-3,19-22,28H2,1H3;1H. The van der Waals surface area contributed by atoms with E-state index in [1.165, 1.54) is 36.0 Å². The van der Waals surface area contributed by atoms with Crippen molar-refractivity contribution in [1.29, 1.82) is 0 Å². The maximum absolute atomic E-state index is 3.32. The lowest BCUT2D eigenvalue weighted by molar-refractivity contribution is 0.334. The van der Waals surface area contributed by atoms with Gasteiger partial charge in [-0.15, -0.1) is 21.6 Å². The van der Waals surface area contributed by atoms with Gasteiger partial charge in [0.2, 0.25) is 0 Å². The zero-order chi connectivity index (χ0) is 19.7. The second-order valence-corrected chi connectivity index (χ2v) is 9.24. The van der Waals surface area contributed by atoms with Gasteiger partial charge in [-0.25, -0.2) is 0 Å². The fourth-order valence-electron chi connectivity index (χ4n) is 4.24. The highest BCUT2D eigenvalue weighted by molar-refractivity contribution is 7.19. The van der Waals surface area contributed by atoms with Crippen molar-refractivity contribution in [2.75, 3.05) is 0 Å². The molecule has 0 heterocycles. The summed E-state index contributed by atoms with van der Waals surface area (Å²) in [5, 5.41) is 0.147. The van der Waals surface area contributed by atoms with Crippen molar-refractivity contribution >= 4 is 21.6 Å². The van der Waals surface area contributed by atoms with Gasteiger partial charge in [-0.05, 0) is 53.4 Å². The van der Waals surface area contributed by atoms with Crippen LogP contribution in [0, 0.1) is 5.92 Å². The van der Waals surface area contributed by atoms with Gasteiger partial charge >= 0.3 is 0 Å². The maximum atomic E-state index is 3.32. The zero-order valence-corrected chi connectivity index (χ0v) is 19.4. The maximum Gasteiger partial charge on any atom is -0.00385 e. The Kier molecular flexibility index (Phi) is 9.92. The molecule has 29 heavy (non-hydrogen) atoms. The van der Waals surface area contributed by atoms with Crippen molar-refractivity contribution in [2.24, 2.45) is 5.92 Å². The normalized spacial score (nSPS) is 12.2. The number of hydrogen-bond donors (Lipinski definition) is 0. The summed E-state index contributed by atoms with van der Waals surface area (Å²) < 4.78 is 0. The average Bonchev–Trinajstić information content (AvgIpc) is 2.73. The molecule has 0 saturated carbocycles. The molecule has 0 spiro atoms. The average molecular weight is 425 g/mol. The van der Waals surface area contributed by atoms with Gasteiger partial charge in [0.05, 0.1) is 0 Å². The summed E-state index contributed by atoms with van der Waals surface area (Å²) in [5.74, 6) is 0.625. The van der Waals surface area contributed by atoms with Gasteiger partial charge in [0.25, 0.3) is 0 Å². The van der Waals surface area contributed by atoms with E-state index in [4.69, 9.17) is 0 Å². The van der Waals surface area contributed by atoms with Gasteiger partial charge in [0, 0.05) is 0 Å². The Morgan fingerprint density at radius 2 is 1.10 bits per heavy atom. The quantitative estimate of drug-likeness (QED) is 0.294. The van der Waals surface area contributed by atoms with Gasteiger partial charge < -0.3 is 0 Å². The summed E-state index contributed by atoms with van der Waals surface area (Å²) in [6.45, 7) is 2.30. The van der Waals surface area contributed by atoms with Crippen LogP contribution in [0.15, 0.2) is 91.0 Å². The minimum absolute atomic E-state index is 0. The Balaban J connectivity index is 0.00000300. The van der Waals surface area contributed by atoms with Gasteiger partial charge in [0.1, 0.15) is 0 Å². The molecule has 2 heteroatoms. The summed E-state index contributed by atoms with van der Waals surface area (Å²) in [4.78, 5) is 0. The first kappa shape index (κ1) is 23.7. The van der Waals surface area contributed by atoms with E-state index in [2.05, 4.69) is 107 Å². The molecule has 0 aromatic heterocycles. The molecule has 0 amide bonds. The summed E-state index contributed by atoms with van der Waals surface area (Å²) >= 11 is 0. The summed E-state index contributed by atoms with van der Waals surface area (Å²) in [7, 11) is 3.32. The monoisotopic (exact) mass is 424 g/mol. The molecule has 0 fully saturated rings. The van der Waals surface area contributed by atoms with E-state index in [1.807, 2.05) is 0 Å². The second-order valence-electron chi connectivity index (χ2n) is 8.09. The van der Waals surface area contributed by atoms with Gasteiger partial charge in [0.15, 0.2) is 0 Å². The molecule has 3 rings (SSSR count). The zero-order valence-electron chi connectivity index (χ0n) is 17.5. The van der Waals surface area contributed by atoms with Crippen molar-refractivity contribution in [2.45, 2.75) is 50.6 Å². The third-order valence-corrected chi connectivity index (χ3v) is 6.68. The summed E-state index contributed by atoms with van der Waals surface area (Å²) in [6, 6.07) is 33.1. The van der Waals surface area contributed by atoms with Crippen LogP contribution in [0.5, 0.6) is 0 Å². The molecule has 0 aliphatic rings. The molecule has 3 aromatic carbocycles. The lowest BCUT2D eigenvalue weighted by Crippen LogP contribution is -2.38. The molecule has 2 atom stereocenters. The smallest absolute Gasteiger partial charge is 0.00385 e. The Morgan fingerprint density at radius 1 is 0.690 bits per heavy atom. The first-order valence-electron chi connectivity index (χ1n) is 10.6. The Morgan fingerprint density at radius 3 is 1.52 bits per heavy atom. The molecule has 2 unspecified atom stereocenters. The predicted octanol–water partition coefficient (Wildman–Crippen LogP) is 7.56. The number of rotatable bonds is 10. The van der Waals surface area contributed by atoms with Crippen molar-refractivity contribution in [3.05, 3.63) is 108 Å². The fourth-order valence-corrected chi connectivity index (χ4v) is 5.00. The second kappa shape index (κ2) is 12.2. The SMILES string of the molecule is CCCCC(Cc1ccccc1)C(P)(Cc1ccccc1)Cc1ccccc1.Cl. The predicted molar refractivity (Wildman–Crippen MR) is 133 cm³/mol. The van der Waals surface area contributed by atoms with E-state index < -0.39 is 0 Å². The first-order valence-corrected chi connectivity index (χ1v) is 11.2. The minimum atomic E-state index is 0. The molecule has 0 N–H and O–H groups in total. The first-order chi connectivity index (χ1) is 13.7. The van der Waals surface area contributed by atoms with Crippen LogP contribution in [0.1, 0.15) is 42.9 Å². The van der Waals surface area contributed by atoms with Crippen LogP contribution < -0.4 is 0 Å². The van der Waals surface area contributed by atoms with Crippen LogP contribution in [0.4, 0.5) is 0 Å². The van der Waals surface area contributed by atoms with Crippen LogP contribution >= 0.6 is 21.6 Å². The minimum Gasteiger partial charge on any atom is -0.147 e. The third-order valence-electron chi connectivity index (χ3n) is 5.80. The molecule has 0 saturated heterocycles. The lowest BCUT2D eigenvalue weighted by Gasteiger charge is -2.39. The summed E-state index contributed by atoms with van der Waals surface area (Å²) in [5.41, 5.74) is 4.32. The van der Waals surface area contributed by atoms with Gasteiger partial charge in [-0.1, -0.05) is 111 Å². The number of hydrogen-bond acceptors (Lipinski definition) is 0. The number of benzene rings is 3. The van der Waals surface area contributed by atoms with E-state index in [0.29, 0.717) is 5.92 Å². The van der Waals surface area contributed by atoms with E-state index in [9.17, 15) is 0 Å². The van der Waals surface area contributed by atoms with Crippen LogP contribution in [-0.2, 0) is 19.3 Å². The van der Waals surface area contributed by atoms with Gasteiger partial charge in [-0.2, -0.15) is 0 Å². The molecule has 0 bridgehead atoms. The molecule has 154 valence electrons. The molecule has 3 aromatic rings. The van der Waals surface area contributed by atoms with Crippen LogP contribution in [0.2, 0.25) is 0 Å². The molecule has 0 nitrogen and oxygen atoms in total. The number of halogens is 1. The molecular weight excluding hydrogens is 391 g/mol. The van der Waals surface area contributed by atoms with E-state index >= 15 is 0 Å². The van der Waals surface area contributed by atoms with E-state index in [-0.39, 0.29) is 17.6 Å². The molecule has 0 radical (unpaired) electrons. The van der Waals surface area contributed by atoms with Crippen molar-refractivity contribution in [3.8, 4) is 0 Å². The van der Waals surface area contributed by atoms with Crippen molar-refractivity contribution < 1.29 is 0 Å². The fraction of sp³-hybridized carbons (Fsp3) is 0.333. The van der Waals surface area contributed by atoms with E-state index in [0.717, 1.165) is 19.3 Å². The Hall–Kier alpha value is -1.62.